The number of hydrogen-bond donors (Lipinski definition) is 1. The highest BCUT2D eigenvalue weighted by atomic mass is 32.2. The van der Waals surface area contributed by atoms with Gasteiger partial charge in [-0.05, 0) is 42.1 Å². The van der Waals surface area contributed by atoms with E-state index in [1.807, 2.05) is 22.9 Å². The molecule has 6 nitrogen and oxygen atoms in total. The second kappa shape index (κ2) is 7.12. The van der Waals surface area contributed by atoms with Crippen LogP contribution in [0.3, 0.4) is 0 Å². The molecule has 0 spiro atoms. The van der Waals surface area contributed by atoms with Gasteiger partial charge >= 0.3 is 0 Å². The Hall–Kier alpha value is -2.14. The third-order valence-corrected chi connectivity index (χ3v) is 7.19. The van der Waals surface area contributed by atoms with Crippen LogP contribution in [0.25, 0.3) is 15.7 Å². The first kappa shape index (κ1) is 18.2. The number of nitrogens with one attached hydrogen (secondary N) is 1. The van der Waals surface area contributed by atoms with Crippen LogP contribution in [0, 0.1) is 12.7 Å². The molecule has 0 aliphatic rings. The molecule has 0 atom stereocenters. The summed E-state index contributed by atoms with van der Waals surface area (Å²) in [5, 5.41) is 8.41. The SMILES string of the molecule is Cc1cc(S(=O)(=O)NCCc2csc3nc(-c4cccs4)nn23)ccc1F. The fourth-order valence-electron chi connectivity index (χ4n) is 2.59. The van der Waals surface area contributed by atoms with Crippen LogP contribution in [0.2, 0.25) is 0 Å². The topological polar surface area (TPSA) is 76.4 Å². The molecule has 1 N–H and O–H groups in total. The minimum Gasteiger partial charge on any atom is -0.211 e. The number of aromatic nitrogens is 3. The summed E-state index contributed by atoms with van der Waals surface area (Å²) >= 11 is 3.03. The second-order valence-corrected chi connectivity index (χ2v) is 9.44. The molecule has 0 aliphatic heterocycles. The molecule has 0 bridgehead atoms. The second-order valence-electron chi connectivity index (χ2n) is 5.89. The molecule has 3 heterocycles. The van der Waals surface area contributed by atoms with Gasteiger partial charge < -0.3 is 0 Å². The predicted molar refractivity (Wildman–Crippen MR) is 104 cm³/mol. The summed E-state index contributed by atoms with van der Waals surface area (Å²) in [4.78, 5) is 6.32. The zero-order valence-electron chi connectivity index (χ0n) is 14.2. The van der Waals surface area contributed by atoms with Crippen LogP contribution in [-0.4, -0.2) is 29.6 Å². The molecule has 4 rings (SSSR count). The van der Waals surface area contributed by atoms with Crippen LogP contribution >= 0.6 is 22.7 Å². The van der Waals surface area contributed by atoms with Crippen LogP contribution < -0.4 is 4.72 Å². The van der Waals surface area contributed by atoms with Gasteiger partial charge in [0, 0.05) is 18.3 Å². The van der Waals surface area contributed by atoms with Gasteiger partial charge in [0.15, 0.2) is 5.82 Å². The van der Waals surface area contributed by atoms with Crippen molar-refractivity contribution < 1.29 is 12.8 Å². The van der Waals surface area contributed by atoms with Crippen molar-refractivity contribution in [3.63, 3.8) is 0 Å². The maximum atomic E-state index is 13.3. The number of fused-ring (bicyclic) bond motifs is 1. The average molecular weight is 423 g/mol. The van der Waals surface area contributed by atoms with Gasteiger partial charge in [0.25, 0.3) is 0 Å². The van der Waals surface area contributed by atoms with Gasteiger partial charge in [0.05, 0.1) is 15.5 Å². The first-order chi connectivity index (χ1) is 12.9. The van der Waals surface area contributed by atoms with Crippen molar-refractivity contribution in [1.82, 2.24) is 19.3 Å². The number of rotatable bonds is 6. The van der Waals surface area contributed by atoms with Crippen molar-refractivity contribution in [1.29, 1.82) is 0 Å². The molecule has 3 aromatic heterocycles. The van der Waals surface area contributed by atoms with E-state index in [1.54, 1.807) is 15.9 Å². The summed E-state index contributed by atoms with van der Waals surface area (Å²) in [6, 6.07) is 7.65. The quantitative estimate of drug-likeness (QED) is 0.516. The third kappa shape index (κ3) is 3.65. The lowest BCUT2D eigenvalue weighted by Crippen LogP contribution is -2.26. The number of thiazole rings is 1. The van der Waals surface area contributed by atoms with Gasteiger partial charge in [-0.15, -0.1) is 27.8 Å². The Bertz CT molecular complexity index is 1200. The summed E-state index contributed by atoms with van der Waals surface area (Å²) in [6.45, 7) is 1.74. The number of thiophene rings is 1. The third-order valence-electron chi connectivity index (χ3n) is 4.00. The van der Waals surface area contributed by atoms with E-state index in [4.69, 9.17) is 0 Å². The molecule has 0 unspecified atom stereocenters. The van der Waals surface area contributed by atoms with Crippen LogP contribution in [0.15, 0.2) is 46.0 Å². The number of nitrogens with zero attached hydrogens (tertiary/aromatic N) is 3. The van der Waals surface area contributed by atoms with E-state index >= 15 is 0 Å². The van der Waals surface area contributed by atoms with E-state index in [0.717, 1.165) is 21.6 Å². The monoisotopic (exact) mass is 422 g/mol. The molecule has 10 heteroatoms. The first-order valence-corrected chi connectivity index (χ1v) is 11.3. The van der Waals surface area contributed by atoms with Crippen molar-refractivity contribution in [2.45, 2.75) is 18.2 Å². The lowest BCUT2D eigenvalue weighted by molar-refractivity contribution is 0.579. The maximum Gasteiger partial charge on any atom is 0.240 e. The van der Waals surface area contributed by atoms with Crippen molar-refractivity contribution in [3.8, 4) is 10.7 Å². The number of hydrogen-bond acceptors (Lipinski definition) is 6. The highest BCUT2D eigenvalue weighted by Gasteiger charge is 2.16. The molecule has 140 valence electrons. The molecule has 0 saturated carbocycles. The van der Waals surface area contributed by atoms with Crippen LogP contribution in [0.5, 0.6) is 0 Å². The molecule has 0 radical (unpaired) electrons. The largest absolute Gasteiger partial charge is 0.240 e. The maximum absolute atomic E-state index is 13.3. The van der Waals surface area contributed by atoms with Crippen LogP contribution in [0.1, 0.15) is 11.3 Å². The molecule has 27 heavy (non-hydrogen) atoms. The minimum atomic E-state index is -3.69. The summed E-state index contributed by atoms with van der Waals surface area (Å²) in [5.74, 6) is 0.239. The number of halogens is 1. The van der Waals surface area contributed by atoms with E-state index in [1.165, 1.54) is 30.4 Å². The predicted octanol–water partition coefficient (Wildman–Crippen LogP) is 3.49. The Morgan fingerprint density at radius 3 is 2.85 bits per heavy atom. The van der Waals surface area contributed by atoms with Gasteiger partial charge in [-0.2, -0.15) is 4.98 Å². The Labute approximate surface area is 163 Å². The standard InChI is InChI=1S/C17H15FN4O2S3/c1-11-9-13(4-5-14(11)18)27(23,24)19-7-6-12-10-26-17-20-16(21-22(12)17)15-3-2-8-25-15/h2-5,8-10,19H,6-7H2,1H3. The van der Waals surface area contributed by atoms with Gasteiger partial charge in [0.1, 0.15) is 5.82 Å². The molecule has 1 aromatic carbocycles. The fourth-order valence-corrected chi connectivity index (χ4v) is 5.21. The molecular formula is C17H15FN4O2S3. The van der Waals surface area contributed by atoms with Gasteiger partial charge in [-0.25, -0.2) is 22.0 Å². The summed E-state index contributed by atoms with van der Waals surface area (Å²) in [5.41, 5.74) is 1.17. The average Bonchev–Trinajstić information content (AvgIpc) is 3.34. The lowest BCUT2D eigenvalue weighted by atomic mass is 10.2. The van der Waals surface area contributed by atoms with Crippen molar-refractivity contribution >= 4 is 37.7 Å². The summed E-state index contributed by atoms with van der Waals surface area (Å²) in [6.07, 6.45) is 0.465. The van der Waals surface area contributed by atoms with E-state index in [0.29, 0.717) is 17.8 Å². The highest BCUT2D eigenvalue weighted by molar-refractivity contribution is 7.89. The molecular weight excluding hydrogens is 407 g/mol. The molecule has 0 saturated heterocycles. The zero-order chi connectivity index (χ0) is 19.0. The number of benzene rings is 1. The Balaban J connectivity index is 1.48. The van der Waals surface area contributed by atoms with E-state index in [-0.39, 0.29) is 11.4 Å². The smallest absolute Gasteiger partial charge is 0.211 e. The molecule has 0 amide bonds. The molecule has 0 aliphatic carbocycles. The Morgan fingerprint density at radius 2 is 2.11 bits per heavy atom. The van der Waals surface area contributed by atoms with E-state index in [9.17, 15) is 12.8 Å². The number of aryl methyl sites for hydroxylation is 1. The lowest BCUT2D eigenvalue weighted by Gasteiger charge is -2.07. The van der Waals surface area contributed by atoms with E-state index in [2.05, 4.69) is 14.8 Å². The van der Waals surface area contributed by atoms with Crippen molar-refractivity contribution in [3.05, 3.63) is 58.2 Å². The van der Waals surface area contributed by atoms with Crippen molar-refractivity contribution in [2.24, 2.45) is 0 Å². The highest BCUT2D eigenvalue weighted by Crippen LogP contribution is 2.24. The number of sulfonamides is 1. The van der Waals surface area contributed by atoms with E-state index < -0.39 is 15.8 Å². The Kier molecular flexibility index (Phi) is 4.81. The van der Waals surface area contributed by atoms with Crippen molar-refractivity contribution in [2.75, 3.05) is 6.54 Å². The van der Waals surface area contributed by atoms with Gasteiger partial charge in [-0.3, -0.25) is 0 Å². The molecule has 0 fully saturated rings. The minimum absolute atomic E-state index is 0.0533. The Morgan fingerprint density at radius 1 is 1.26 bits per heavy atom. The first-order valence-electron chi connectivity index (χ1n) is 8.07. The van der Waals surface area contributed by atoms with Crippen LogP contribution in [-0.2, 0) is 16.4 Å². The van der Waals surface area contributed by atoms with Gasteiger partial charge in [-0.1, -0.05) is 6.07 Å². The summed E-state index contributed by atoms with van der Waals surface area (Å²) in [7, 11) is -3.69. The zero-order valence-corrected chi connectivity index (χ0v) is 16.7. The normalized spacial score (nSPS) is 12.1. The summed E-state index contributed by atoms with van der Waals surface area (Å²) < 4.78 is 42.4. The molecule has 4 aromatic rings. The fraction of sp³-hybridized carbons (Fsp3) is 0.176. The van der Waals surface area contributed by atoms with Crippen LogP contribution in [0.4, 0.5) is 4.39 Å². The van der Waals surface area contributed by atoms with Gasteiger partial charge in [0.2, 0.25) is 15.0 Å².